The van der Waals surface area contributed by atoms with Gasteiger partial charge < -0.3 is 4.57 Å². The van der Waals surface area contributed by atoms with E-state index in [-0.39, 0.29) is 0 Å². The normalized spacial score (nSPS) is 11.6. The van der Waals surface area contributed by atoms with Gasteiger partial charge in [-0.2, -0.15) is 18.4 Å². The molecule has 0 spiro atoms. The summed E-state index contributed by atoms with van der Waals surface area (Å²) in [5.74, 6) is 1.35. The summed E-state index contributed by atoms with van der Waals surface area (Å²) in [5, 5.41) is 11.7. The maximum absolute atomic E-state index is 13.8. The number of hydrogen-bond acceptors (Lipinski definition) is 4. The molecule has 5 nitrogen and oxygen atoms in total. The first-order valence-corrected chi connectivity index (χ1v) is 15.5. The van der Waals surface area contributed by atoms with Crippen LogP contribution in [0.5, 0.6) is 0 Å². The highest BCUT2D eigenvalue weighted by Gasteiger charge is 2.30. The zero-order valence-electron chi connectivity index (χ0n) is 25.7. The van der Waals surface area contributed by atoms with E-state index in [0.29, 0.717) is 45.4 Å². The van der Waals surface area contributed by atoms with Gasteiger partial charge in [-0.15, -0.1) is 0 Å². The van der Waals surface area contributed by atoms with Gasteiger partial charge in [0.25, 0.3) is 0 Å². The Morgan fingerprint density at radius 1 is 0.510 bits per heavy atom. The molecule has 0 N–H and O–H groups in total. The molecule has 0 aliphatic heterocycles. The van der Waals surface area contributed by atoms with E-state index in [2.05, 4.69) is 6.07 Å². The fraction of sp³-hybridized carbons (Fsp3) is 0.0244. The number of benzene rings is 6. The van der Waals surface area contributed by atoms with Crippen LogP contribution in [0.25, 0.3) is 72.8 Å². The second-order valence-electron chi connectivity index (χ2n) is 11.5. The molecule has 8 rings (SSSR count). The van der Waals surface area contributed by atoms with Crippen molar-refractivity contribution in [3.05, 3.63) is 157 Å². The zero-order chi connectivity index (χ0) is 33.5. The molecule has 234 valence electrons. The quantitative estimate of drug-likeness (QED) is 0.187. The highest BCUT2D eigenvalue weighted by Crippen LogP contribution is 2.39. The number of halogens is 3. The molecule has 0 aliphatic carbocycles. The summed E-state index contributed by atoms with van der Waals surface area (Å²) in [5.41, 5.74) is 5.24. The number of nitriles is 1. The van der Waals surface area contributed by atoms with Crippen LogP contribution in [0.2, 0.25) is 0 Å². The Labute approximate surface area is 279 Å². The van der Waals surface area contributed by atoms with E-state index in [1.54, 1.807) is 18.2 Å². The third-order valence-electron chi connectivity index (χ3n) is 8.51. The van der Waals surface area contributed by atoms with Crippen molar-refractivity contribution in [3.63, 3.8) is 0 Å². The van der Waals surface area contributed by atoms with E-state index >= 15 is 0 Å². The standard InChI is InChI=1S/C41H24F3N5/c42-41(43,44)31-15-9-14-29(23-31)30-19-21-34(37(24-30)49-35-17-8-7-16-32(35)33-20-18-26(25-45)22-36(33)49)40-47-38(27-10-3-1-4-11-27)46-39(48-40)28-12-5-2-6-13-28/h1-24H. The van der Waals surface area contributed by atoms with Crippen molar-refractivity contribution in [1.29, 1.82) is 5.26 Å². The lowest BCUT2D eigenvalue weighted by Gasteiger charge is -2.17. The Bertz CT molecular complexity index is 2490. The van der Waals surface area contributed by atoms with Gasteiger partial charge >= 0.3 is 6.18 Å². The fourth-order valence-corrected chi connectivity index (χ4v) is 6.19. The third-order valence-corrected chi connectivity index (χ3v) is 8.51. The Balaban J connectivity index is 1.46. The van der Waals surface area contributed by atoms with Gasteiger partial charge in [-0.25, -0.2) is 15.0 Å². The minimum Gasteiger partial charge on any atom is -0.308 e. The van der Waals surface area contributed by atoms with E-state index in [0.717, 1.165) is 45.1 Å². The summed E-state index contributed by atoms with van der Waals surface area (Å²) >= 11 is 0. The second-order valence-corrected chi connectivity index (χ2v) is 11.5. The molecule has 0 atom stereocenters. The fourth-order valence-electron chi connectivity index (χ4n) is 6.19. The molecule has 8 heteroatoms. The minimum absolute atomic E-state index is 0.390. The summed E-state index contributed by atoms with van der Waals surface area (Å²) in [4.78, 5) is 14.8. The number of hydrogen-bond donors (Lipinski definition) is 0. The Kier molecular flexibility index (Phi) is 7.23. The number of rotatable bonds is 5. The third kappa shape index (κ3) is 5.47. The largest absolute Gasteiger partial charge is 0.416 e. The maximum atomic E-state index is 13.8. The molecule has 49 heavy (non-hydrogen) atoms. The number of aromatic nitrogens is 4. The van der Waals surface area contributed by atoms with Gasteiger partial charge in [-0.1, -0.05) is 103 Å². The molecule has 0 fully saturated rings. The highest BCUT2D eigenvalue weighted by atomic mass is 19.4. The van der Waals surface area contributed by atoms with Gasteiger partial charge in [0, 0.05) is 27.5 Å². The molecule has 8 aromatic rings. The first-order valence-electron chi connectivity index (χ1n) is 15.5. The summed E-state index contributed by atoms with van der Waals surface area (Å²) in [6, 6.07) is 45.7. The highest BCUT2D eigenvalue weighted by molar-refractivity contribution is 6.10. The van der Waals surface area contributed by atoms with Gasteiger partial charge in [0.2, 0.25) is 0 Å². The summed E-state index contributed by atoms with van der Waals surface area (Å²) in [7, 11) is 0. The lowest BCUT2D eigenvalue weighted by molar-refractivity contribution is -0.137. The molecule has 0 saturated carbocycles. The van der Waals surface area contributed by atoms with Crippen LogP contribution in [0.3, 0.4) is 0 Å². The summed E-state index contributed by atoms with van der Waals surface area (Å²) in [6.07, 6.45) is -4.49. The average Bonchev–Trinajstić information content (AvgIpc) is 3.48. The van der Waals surface area contributed by atoms with Crippen LogP contribution in [-0.4, -0.2) is 19.5 Å². The number of alkyl halides is 3. The number of nitrogens with zero attached hydrogens (tertiary/aromatic N) is 5. The molecular formula is C41H24F3N5. The molecule has 0 saturated heterocycles. The zero-order valence-corrected chi connectivity index (χ0v) is 25.7. The summed E-state index contributed by atoms with van der Waals surface area (Å²) < 4.78 is 43.4. The Morgan fingerprint density at radius 3 is 1.78 bits per heavy atom. The van der Waals surface area contributed by atoms with Crippen LogP contribution in [0.15, 0.2) is 146 Å². The van der Waals surface area contributed by atoms with E-state index in [1.165, 1.54) is 6.07 Å². The van der Waals surface area contributed by atoms with Crippen molar-refractivity contribution in [2.24, 2.45) is 0 Å². The van der Waals surface area contributed by atoms with Crippen molar-refractivity contribution >= 4 is 21.8 Å². The summed E-state index contributed by atoms with van der Waals surface area (Å²) in [6.45, 7) is 0. The second kappa shape index (κ2) is 11.9. The van der Waals surface area contributed by atoms with Crippen molar-refractivity contribution in [1.82, 2.24) is 19.5 Å². The van der Waals surface area contributed by atoms with Gasteiger partial charge in [-0.3, -0.25) is 0 Å². The molecule has 0 unspecified atom stereocenters. The van der Waals surface area contributed by atoms with Gasteiger partial charge in [0.15, 0.2) is 17.5 Å². The number of fused-ring (bicyclic) bond motifs is 3. The maximum Gasteiger partial charge on any atom is 0.416 e. The van der Waals surface area contributed by atoms with Crippen molar-refractivity contribution in [3.8, 4) is 57.0 Å². The Hall–Kier alpha value is -6.59. The monoisotopic (exact) mass is 643 g/mol. The first kappa shape index (κ1) is 29.8. The molecule has 2 heterocycles. The molecule has 0 aliphatic rings. The molecule has 2 aromatic heterocycles. The van der Waals surface area contributed by atoms with Gasteiger partial charge in [-0.05, 0) is 53.6 Å². The van der Waals surface area contributed by atoms with E-state index < -0.39 is 11.7 Å². The average molecular weight is 644 g/mol. The van der Waals surface area contributed by atoms with Gasteiger partial charge in [0.1, 0.15) is 0 Å². The smallest absolute Gasteiger partial charge is 0.308 e. The van der Waals surface area contributed by atoms with Crippen LogP contribution in [0.4, 0.5) is 13.2 Å². The van der Waals surface area contributed by atoms with E-state index in [4.69, 9.17) is 15.0 Å². The van der Waals surface area contributed by atoms with Crippen molar-refractivity contribution < 1.29 is 13.2 Å². The van der Waals surface area contributed by atoms with Crippen LogP contribution in [0, 0.1) is 11.3 Å². The van der Waals surface area contributed by atoms with Crippen molar-refractivity contribution in [2.75, 3.05) is 0 Å². The predicted molar refractivity (Wildman–Crippen MR) is 186 cm³/mol. The molecular weight excluding hydrogens is 619 g/mol. The predicted octanol–water partition coefficient (Wildman–Crippen LogP) is 10.5. The van der Waals surface area contributed by atoms with Crippen molar-refractivity contribution in [2.45, 2.75) is 6.18 Å². The van der Waals surface area contributed by atoms with Crippen LogP contribution < -0.4 is 0 Å². The van der Waals surface area contributed by atoms with Crippen LogP contribution >= 0.6 is 0 Å². The SMILES string of the molecule is N#Cc1ccc2c3ccccc3n(-c3cc(-c4cccc(C(F)(F)F)c4)ccc3-c3nc(-c4ccccc4)nc(-c4ccccc4)n3)c2c1. The number of para-hydroxylation sites is 1. The van der Waals surface area contributed by atoms with Crippen LogP contribution in [0.1, 0.15) is 11.1 Å². The lowest BCUT2D eigenvalue weighted by Crippen LogP contribution is -2.05. The van der Waals surface area contributed by atoms with E-state index in [9.17, 15) is 18.4 Å². The van der Waals surface area contributed by atoms with E-state index in [1.807, 2.05) is 114 Å². The molecule has 0 amide bonds. The topological polar surface area (TPSA) is 67.4 Å². The van der Waals surface area contributed by atoms with Crippen LogP contribution in [-0.2, 0) is 6.18 Å². The first-order chi connectivity index (χ1) is 23.9. The molecule has 0 radical (unpaired) electrons. The van der Waals surface area contributed by atoms with Gasteiger partial charge in [0.05, 0.1) is 33.9 Å². The minimum atomic E-state index is -4.49. The Morgan fingerprint density at radius 2 is 1.10 bits per heavy atom. The lowest BCUT2D eigenvalue weighted by atomic mass is 9.99. The molecule has 6 aromatic carbocycles. The molecule has 0 bridgehead atoms.